The molecular weight excluding hydrogens is 408 g/mol. The molecule has 4 rings (SSSR count). The Morgan fingerprint density at radius 2 is 1.48 bits per heavy atom. The molecule has 0 saturated heterocycles. The summed E-state index contributed by atoms with van der Waals surface area (Å²) in [5.41, 5.74) is -0.187. The van der Waals surface area contributed by atoms with E-state index in [4.69, 9.17) is 0 Å². The van der Waals surface area contributed by atoms with Gasteiger partial charge in [0, 0.05) is 18.4 Å². The van der Waals surface area contributed by atoms with Crippen LogP contribution in [-0.2, 0) is 4.79 Å². The third kappa shape index (κ3) is 3.61. The van der Waals surface area contributed by atoms with Gasteiger partial charge in [0.15, 0.2) is 0 Å². The lowest BCUT2D eigenvalue weighted by molar-refractivity contribution is -0.207. The summed E-state index contributed by atoms with van der Waals surface area (Å²) in [7, 11) is 0. The second kappa shape index (κ2) is 7.79. The molecule has 3 nitrogen and oxygen atoms in total. The minimum Gasteiger partial charge on any atom is -0.396 e. The molecule has 0 heterocycles. The van der Waals surface area contributed by atoms with Crippen molar-refractivity contribution in [1.82, 2.24) is 0 Å². The molecular formula is C30H52O3. The van der Waals surface area contributed by atoms with E-state index in [1.165, 1.54) is 32.1 Å². The molecule has 0 aromatic rings. The van der Waals surface area contributed by atoms with Gasteiger partial charge in [0.25, 0.3) is 0 Å². The summed E-state index contributed by atoms with van der Waals surface area (Å²) in [6, 6.07) is 0. The van der Waals surface area contributed by atoms with E-state index in [0.29, 0.717) is 29.5 Å². The van der Waals surface area contributed by atoms with Gasteiger partial charge in [0.1, 0.15) is 5.78 Å². The molecule has 4 aliphatic carbocycles. The van der Waals surface area contributed by atoms with Gasteiger partial charge in [-0.3, -0.25) is 4.79 Å². The zero-order valence-electron chi connectivity index (χ0n) is 22.9. The first-order valence-corrected chi connectivity index (χ1v) is 13.9. The standard InChI is InChI=1S/C30H52O3/c1-25(2,19-31)17-18-30(8,33)21-11-15-28(6)20(21)9-10-23-27(5)14-13-24(32)26(3,4)22(27)12-16-29(23,28)7/h20-23,31,33H,9-19H2,1-8H3. The quantitative estimate of drug-likeness (QED) is 0.475. The molecule has 4 aliphatic rings. The average molecular weight is 461 g/mol. The summed E-state index contributed by atoms with van der Waals surface area (Å²) in [5, 5.41) is 21.4. The maximum Gasteiger partial charge on any atom is 0.138 e. The van der Waals surface area contributed by atoms with Crippen molar-refractivity contribution in [3.05, 3.63) is 0 Å². The summed E-state index contributed by atoms with van der Waals surface area (Å²) >= 11 is 0. The van der Waals surface area contributed by atoms with E-state index in [9.17, 15) is 15.0 Å². The van der Waals surface area contributed by atoms with Crippen molar-refractivity contribution in [3.63, 3.8) is 0 Å². The second-order valence-electron chi connectivity index (χ2n) is 15.1. The normalized spacial score (nSPS) is 46.8. The van der Waals surface area contributed by atoms with Crippen LogP contribution >= 0.6 is 0 Å². The van der Waals surface area contributed by atoms with Crippen LogP contribution in [0.1, 0.15) is 120 Å². The van der Waals surface area contributed by atoms with Crippen LogP contribution in [0.25, 0.3) is 0 Å². The molecule has 190 valence electrons. The lowest BCUT2D eigenvalue weighted by Gasteiger charge is -2.69. The molecule has 8 atom stereocenters. The number of carbonyl (C=O) groups excluding carboxylic acids is 1. The fourth-order valence-electron chi connectivity index (χ4n) is 10.1. The number of Topliss-reactive ketones (excluding diaryl/α,β-unsaturated/α-hetero) is 1. The number of fused-ring (bicyclic) bond motifs is 5. The predicted molar refractivity (Wildman–Crippen MR) is 135 cm³/mol. The van der Waals surface area contributed by atoms with Crippen LogP contribution in [-0.4, -0.2) is 28.2 Å². The third-order valence-corrected chi connectivity index (χ3v) is 12.7. The molecule has 4 fully saturated rings. The van der Waals surface area contributed by atoms with Crippen LogP contribution in [0, 0.1) is 50.7 Å². The van der Waals surface area contributed by atoms with Crippen LogP contribution in [0.5, 0.6) is 0 Å². The van der Waals surface area contributed by atoms with Gasteiger partial charge in [-0.1, -0.05) is 48.5 Å². The molecule has 3 heteroatoms. The van der Waals surface area contributed by atoms with E-state index in [1.807, 2.05) is 0 Å². The summed E-state index contributed by atoms with van der Waals surface area (Å²) in [5.74, 6) is 2.59. The highest BCUT2D eigenvalue weighted by Crippen LogP contribution is 2.75. The van der Waals surface area contributed by atoms with Gasteiger partial charge in [0.2, 0.25) is 0 Å². The Labute approximate surface area is 203 Å². The molecule has 0 aromatic heterocycles. The van der Waals surface area contributed by atoms with Crippen molar-refractivity contribution in [3.8, 4) is 0 Å². The van der Waals surface area contributed by atoms with Crippen LogP contribution in [0.4, 0.5) is 0 Å². The summed E-state index contributed by atoms with van der Waals surface area (Å²) in [4.78, 5) is 12.9. The first-order chi connectivity index (χ1) is 15.1. The van der Waals surface area contributed by atoms with E-state index in [-0.39, 0.29) is 33.7 Å². The minimum atomic E-state index is -0.668. The fourth-order valence-corrected chi connectivity index (χ4v) is 10.1. The van der Waals surface area contributed by atoms with Gasteiger partial charge in [-0.05, 0) is 110 Å². The van der Waals surface area contributed by atoms with Crippen molar-refractivity contribution in [2.45, 2.75) is 125 Å². The maximum absolute atomic E-state index is 12.9. The lowest BCUT2D eigenvalue weighted by Crippen LogP contribution is -2.63. The van der Waals surface area contributed by atoms with Gasteiger partial charge in [-0.25, -0.2) is 0 Å². The summed E-state index contributed by atoms with van der Waals surface area (Å²) in [6.07, 6.45) is 10.7. The van der Waals surface area contributed by atoms with E-state index in [1.54, 1.807) is 0 Å². The number of aliphatic hydroxyl groups excluding tert-OH is 1. The van der Waals surface area contributed by atoms with Crippen molar-refractivity contribution in [1.29, 1.82) is 0 Å². The number of rotatable bonds is 5. The largest absolute Gasteiger partial charge is 0.396 e. The van der Waals surface area contributed by atoms with Gasteiger partial charge in [-0.2, -0.15) is 0 Å². The van der Waals surface area contributed by atoms with Crippen LogP contribution in [0.2, 0.25) is 0 Å². The van der Waals surface area contributed by atoms with E-state index in [2.05, 4.69) is 55.4 Å². The van der Waals surface area contributed by atoms with Gasteiger partial charge in [-0.15, -0.1) is 0 Å². The highest BCUT2D eigenvalue weighted by molar-refractivity contribution is 5.85. The predicted octanol–water partition coefficient (Wildman–Crippen LogP) is 6.79. The van der Waals surface area contributed by atoms with E-state index in [0.717, 1.165) is 32.1 Å². The van der Waals surface area contributed by atoms with Crippen molar-refractivity contribution in [2.75, 3.05) is 6.61 Å². The molecule has 0 bridgehead atoms. The first kappa shape index (κ1) is 25.7. The summed E-state index contributed by atoms with van der Waals surface area (Å²) in [6.45, 7) is 18.6. The van der Waals surface area contributed by atoms with Crippen LogP contribution < -0.4 is 0 Å². The first-order valence-electron chi connectivity index (χ1n) is 13.9. The SMILES string of the molecule is CC(C)(CO)CCC(C)(O)C1CCC2(C)C1CCC1C3(C)CCC(=O)C(C)(C)C3CCC12C. The van der Waals surface area contributed by atoms with Crippen molar-refractivity contribution in [2.24, 2.45) is 50.7 Å². The Morgan fingerprint density at radius 3 is 2.12 bits per heavy atom. The second-order valence-corrected chi connectivity index (χ2v) is 15.1. The molecule has 2 N–H and O–H groups in total. The highest BCUT2D eigenvalue weighted by Gasteiger charge is 2.69. The van der Waals surface area contributed by atoms with Crippen LogP contribution in [0.3, 0.4) is 0 Å². The van der Waals surface area contributed by atoms with E-state index >= 15 is 0 Å². The number of aliphatic hydroxyl groups is 2. The Bertz CT molecular complexity index is 781. The Morgan fingerprint density at radius 1 is 0.848 bits per heavy atom. The topological polar surface area (TPSA) is 57.5 Å². The maximum atomic E-state index is 12.9. The van der Waals surface area contributed by atoms with Crippen molar-refractivity contribution >= 4 is 5.78 Å². The Hall–Kier alpha value is -0.410. The van der Waals surface area contributed by atoms with Crippen molar-refractivity contribution < 1.29 is 15.0 Å². The number of carbonyl (C=O) groups is 1. The molecule has 0 spiro atoms. The lowest BCUT2D eigenvalue weighted by atomic mass is 9.35. The molecule has 0 aromatic carbocycles. The molecule has 33 heavy (non-hydrogen) atoms. The fraction of sp³-hybridized carbons (Fsp3) is 0.967. The Balaban J connectivity index is 1.61. The average Bonchev–Trinajstić information content (AvgIpc) is 3.09. The zero-order chi connectivity index (χ0) is 24.7. The van der Waals surface area contributed by atoms with E-state index < -0.39 is 5.60 Å². The number of hydrogen-bond donors (Lipinski definition) is 2. The van der Waals surface area contributed by atoms with Gasteiger partial charge in [0.05, 0.1) is 5.60 Å². The third-order valence-electron chi connectivity index (χ3n) is 12.7. The molecule has 0 radical (unpaired) electrons. The van der Waals surface area contributed by atoms with Crippen LogP contribution in [0.15, 0.2) is 0 Å². The van der Waals surface area contributed by atoms with Gasteiger partial charge < -0.3 is 10.2 Å². The molecule has 4 saturated carbocycles. The number of hydrogen-bond acceptors (Lipinski definition) is 3. The van der Waals surface area contributed by atoms with Gasteiger partial charge >= 0.3 is 0 Å². The molecule has 0 amide bonds. The molecule has 0 aliphatic heterocycles. The highest BCUT2D eigenvalue weighted by atomic mass is 16.3. The summed E-state index contributed by atoms with van der Waals surface area (Å²) < 4.78 is 0. The zero-order valence-corrected chi connectivity index (χ0v) is 22.9. The minimum absolute atomic E-state index is 0.131. The monoisotopic (exact) mass is 460 g/mol. The molecule has 8 unspecified atom stereocenters. The number of ketones is 1. The smallest absolute Gasteiger partial charge is 0.138 e. The Kier molecular flexibility index (Phi) is 6.06.